The van der Waals surface area contributed by atoms with Crippen molar-refractivity contribution >= 4 is 35.1 Å². The standard InChI is InChI=1S/2C21H23.C2H7Si.2ClH.Zr/c2*1-5-15-13-17-7-6-8-19(20(17)14-15)16-9-11-18(12-10-16)21(2,3)4;1-3-2;;;/h2*6-14H,5H2,1-4H3;3H,1-2H3;2*1H;/q;;;;;+2/p-2. The van der Waals surface area contributed by atoms with Gasteiger partial charge in [-0.2, -0.15) is 0 Å². The van der Waals surface area contributed by atoms with E-state index in [1.807, 2.05) is 0 Å². The minimum atomic E-state index is -4.79. The van der Waals surface area contributed by atoms with Gasteiger partial charge in [0.05, 0.1) is 0 Å². The van der Waals surface area contributed by atoms with Gasteiger partial charge in [-0.25, -0.2) is 0 Å². The van der Waals surface area contributed by atoms with Gasteiger partial charge in [-0.3, -0.25) is 0 Å². The second kappa shape index (κ2) is 12.7. The first kappa shape index (κ1) is 35.9. The molecule has 0 fully saturated rings. The first-order valence-electron chi connectivity index (χ1n) is 18.0. The molecule has 6 rings (SSSR count). The van der Waals surface area contributed by atoms with Crippen LogP contribution in [-0.4, -0.2) is 5.92 Å². The van der Waals surface area contributed by atoms with Crippen LogP contribution in [0.25, 0.3) is 34.4 Å². The van der Waals surface area contributed by atoms with Crippen LogP contribution < -0.4 is 0 Å². The van der Waals surface area contributed by atoms with Gasteiger partial charge in [0.15, 0.2) is 0 Å². The normalized spacial score (nSPS) is 18.6. The molecule has 2 aliphatic carbocycles. The van der Waals surface area contributed by atoms with E-state index in [1.54, 1.807) is 0 Å². The van der Waals surface area contributed by atoms with Gasteiger partial charge in [0.1, 0.15) is 0 Å². The summed E-state index contributed by atoms with van der Waals surface area (Å²) in [5.41, 5.74) is 16.3. The predicted octanol–water partition coefficient (Wildman–Crippen LogP) is 14.0. The number of rotatable bonds is 7. The van der Waals surface area contributed by atoms with E-state index in [4.69, 9.17) is 17.0 Å². The molecular weight excluding hydrogens is 719 g/mol. The van der Waals surface area contributed by atoms with Crippen molar-refractivity contribution in [2.75, 3.05) is 0 Å². The fourth-order valence-electron chi connectivity index (χ4n) is 8.48. The molecule has 0 amide bonds. The van der Waals surface area contributed by atoms with Crippen LogP contribution in [0.4, 0.5) is 0 Å². The Morgan fingerprint density at radius 3 is 1.21 bits per heavy atom. The maximum atomic E-state index is 8.64. The Labute approximate surface area is 299 Å². The number of benzene rings is 4. The van der Waals surface area contributed by atoms with E-state index >= 15 is 0 Å². The summed E-state index contributed by atoms with van der Waals surface area (Å²) in [5, 5.41) is 0. The average molecular weight is 772 g/mol. The summed E-state index contributed by atoms with van der Waals surface area (Å²) in [4.78, 5) is 0. The van der Waals surface area contributed by atoms with Gasteiger partial charge in [0.25, 0.3) is 0 Å². The summed E-state index contributed by atoms with van der Waals surface area (Å²) in [5.74, 6) is -1.62. The van der Waals surface area contributed by atoms with Gasteiger partial charge >= 0.3 is 302 Å². The Morgan fingerprint density at radius 1 is 0.562 bits per heavy atom. The minimum absolute atomic E-state index is 0.107. The third-order valence-electron chi connectivity index (χ3n) is 11.4. The van der Waals surface area contributed by atoms with Crippen LogP contribution in [0.15, 0.2) is 96.1 Å². The SMILES string of the molecule is CCC1=Cc2c(-c3ccc(C(C)(C)C)cc3)cccc2[CH]1[Zr]([Cl])([Cl])([CH]1C(CC)=Cc2c(-c3ccc(C(C)(C)C)cc3)cccc21)[SiH](C)C. The van der Waals surface area contributed by atoms with E-state index in [-0.39, 0.29) is 18.1 Å². The topological polar surface area (TPSA) is 0 Å². The molecule has 2 unspecified atom stereocenters. The molecule has 48 heavy (non-hydrogen) atoms. The van der Waals surface area contributed by atoms with E-state index in [0.717, 1.165) is 12.8 Å². The van der Waals surface area contributed by atoms with Crippen molar-refractivity contribution < 1.29 is 15.6 Å². The Kier molecular flexibility index (Phi) is 9.46. The van der Waals surface area contributed by atoms with E-state index in [2.05, 4.69) is 166 Å². The van der Waals surface area contributed by atoms with Gasteiger partial charge in [0.2, 0.25) is 0 Å². The van der Waals surface area contributed by atoms with Crippen LogP contribution in [0.2, 0.25) is 13.1 Å². The molecule has 0 nitrogen and oxygen atoms in total. The summed E-state index contributed by atoms with van der Waals surface area (Å²) >= 11 is -4.79. The number of halogens is 2. The van der Waals surface area contributed by atoms with Gasteiger partial charge in [-0.05, 0) is 0 Å². The fraction of sp³-hybridized carbons (Fsp3) is 0.364. The molecule has 4 aromatic carbocycles. The number of allylic oxidation sites excluding steroid dienone is 2. The zero-order valence-corrected chi connectivity index (χ0v) is 35.8. The van der Waals surface area contributed by atoms with Crippen LogP contribution >= 0.6 is 17.0 Å². The molecular formula is C44H53Cl2SiZr. The number of hydrogen-bond donors (Lipinski definition) is 0. The molecule has 251 valence electrons. The van der Waals surface area contributed by atoms with Crippen molar-refractivity contribution in [1.82, 2.24) is 0 Å². The molecule has 2 atom stereocenters. The average Bonchev–Trinajstić information content (AvgIpc) is 3.64. The number of fused-ring (bicyclic) bond motifs is 2. The third-order valence-corrected chi connectivity index (χ3v) is 63.3. The number of hydrogen-bond acceptors (Lipinski definition) is 0. The molecule has 0 aliphatic heterocycles. The molecule has 4 aromatic rings. The van der Waals surface area contributed by atoms with Crippen molar-refractivity contribution in [3.8, 4) is 22.3 Å². The summed E-state index contributed by atoms with van der Waals surface area (Å²) in [6, 6.07) is 32.1. The Balaban J connectivity index is 1.51. The van der Waals surface area contributed by atoms with E-state index in [0.29, 0.717) is 0 Å². The first-order valence-corrected chi connectivity index (χ1v) is 34.3. The summed E-state index contributed by atoms with van der Waals surface area (Å²) < 4.78 is 0.215. The van der Waals surface area contributed by atoms with E-state index in [9.17, 15) is 0 Å². The second-order valence-electron chi connectivity index (χ2n) is 16.7. The van der Waals surface area contributed by atoms with Crippen molar-refractivity contribution in [2.45, 2.75) is 99.4 Å². The summed E-state index contributed by atoms with van der Waals surface area (Å²) in [6.45, 7) is 23.1. The van der Waals surface area contributed by atoms with Crippen molar-refractivity contribution in [3.05, 3.63) is 129 Å². The van der Waals surface area contributed by atoms with Crippen LogP contribution in [0.5, 0.6) is 0 Å². The van der Waals surface area contributed by atoms with E-state index in [1.165, 1.54) is 66.8 Å². The zero-order valence-electron chi connectivity index (χ0n) is 30.6. The van der Waals surface area contributed by atoms with Gasteiger partial charge < -0.3 is 0 Å². The predicted molar refractivity (Wildman–Crippen MR) is 214 cm³/mol. The summed E-state index contributed by atoms with van der Waals surface area (Å²) in [6.07, 6.45) is 6.86. The first-order chi connectivity index (χ1) is 22.5. The molecule has 0 spiro atoms. The van der Waals surface area contributed by atoms with Gasteiger partial charge in [-0.15, -0.1) is 0 Å². The Morgan fingerprint density at radius 2 is 0.917 bits per heavy atom. The van der Waals surface area contributed by atoms with Crippen LogP contribution in [0, 0.1) is 0 Å². The van der Waals surface area contributed by atoms with Crippen LogP contribution in [0.3, 0.4) is 0 Å². The molecule has 4 heteroatoms. The molecule has 2 aliphatic rings. The van der Waals surface area contributed by atoms with Gasteiger partial charge in [0, 0.05) is 0 Å². The van der Waals surface area contributed by atoms with Crippen LogP contribution in [0.1, 0.15) is 109 Å². The van der Waals surface area contributed by atoms with Crippen molar-refractivity contribution in [1.29, 1.82) is 0 Å². The molecule has 0 saturated carbocycles. The molecule has 0 radical (unpaired) electrons. The van der Waals surface area contributed by atoms with Crippen LogP contribution in [-0.2, 0) is 26.4 Å². The molecule has 0 saturated heterocycles. The van der Waals surface area contributed by atoms with Crippen molar-refractivity contribution in [2.24, 2.45) is 0 Å². The molecule has 0 aromatic heterocycles. The Bertz CT molecular complexity index is 1780. The van der Waals surface area contributed by atoms with Gasteiger partial charge in [-0.1, -0.05) is 0 Å². The monoisotopic (exact) mass is 769 g/mol. The van der Waals surface area contributed by atoms with Crippen molar-refractivity contribution in [3.63, 3.8) is 0 Å². The molecule has 0 bridgehead atoms. The fourth-order valence-corrected chi connectivity index (χ4v) is 40.3. The molecule has 0 heterocycles. The quantitative estimate of drug-likeness (QED) is 0.164. The zero-order chi connectivity index (χ0) is 34.8. The third kappa shape index (κ3) is 5.86. The van der Waals surface area contributed by atoms with E-state index < -0.39 is 21.5 Å². The second-order valence-corrected chi connectivity index (χ2v) is 59.2. The molecule has 0 N–H and O–H groups in total. The maximum absolute atomic E-state index is 8.64. The Hall–Kier alpha value is -1.96. The summed E-state index contributed by atoms with van der Waals surface area (Å²) in [7, 11) is 17.3.